The van der Waals surface area contributed by atoms with Crippen molar-refractivity contribution in [1.82, 2.24) is 20.5 Å². The van der Waals surface area contributed by atoms with Crippen LogP contribution in [-0.2, 0) is 4.79 Å². The molecular weight excluding hydrogens is 212 g/mol. The van der Waals surface area contributed by atoms with Crippen LogP contribution in [0.1, 0.15) is 36.2 Å². The largest absolute Gasteiger partial charge is 0.480 e. The van der Waals surface area contributed by atoms with Gasteiger partial charge in [0.15, 0.2) is 0 Å². The lowest BCUT2D eigenvalue weighted by Crippen LogP contribution is -2.41. The van der Waals surface area contributed by atoms with E-state index in [-0.39, 0.29) is 5.82 Å². The topological polar surface area (TPSA) is 108 Å². The fraction of sp³-hybridized carbons (Fsp3) is 0.556. The average Bonchev–Trinajstić information content (AvgIpc) is 2.64. The Labute approximate surface area is 92.3 Å². The first-order valence-electron chi connectivity index (χ1n) is 4.97. The van der Waals surface area contributed by atoms with Crippen LogP contribution in [0.3, 0.4) is 0 Å². The molecule has 0 aromatic carbocycles. The van der Waals surface area contributed by atoms with Gasteiger partial charge in [-0.3, -0.25) is 9.89 Å². The Morgan fingerprint density at radius 3 is 2.69 bits per heavy atom. The van der Waals surface area contributed by atoms with Crippen LogP contribution in [0, 0.1) is 6.92 Å². The highest BCUT2D eigenvalue weighted by atomic mass is 16.4. The summed E-state index contributed by atoms with van der Waals surface area (Å²) < 4.78 is 0. The summed E-state index contributed by atoms with van der Waals surface area (Å²) in [5.41, 5.74) is 0. The minimum Gasteiger partial charge on any atom is -0.480 e. The summed E-state index contributed by atoms with van der Waals surface area (Å²) in [5, 5.41) is 17.4. The molecule has 1 heterocycles. The summed E-state index contributed by atoms with van der Waals surface area (Å²) in [5.74, 6) is -1.17. The predicted molar refractivity (Wildman–Crippen MR) is 54.9 cm³/mol. The lowest BCUT2D eigenvalue weighted by Gasteiger charge is -2.11. The molecule has 88 valence electrons. The van der Waals surface area contributed by atoms with Crippen molar-refractivity contribution in [3.05, 3.63) is 11.6 Å². The fourth-order valence-corrected chi connectivity index (χ4v) is 1.21. The summed E-state index contributed by atoms with van der Waals surface area (Å²) >= 11 is 0. The number of hydrogen-bond donors (Lipinski definition) is 3. The normalized spacial score (nSPS) is 12.1. The van der Waals surface area contributed by atoms with E-state index in [4.69, 9.17) is 5.11 Å². The molecule has 1 rings (SSSR count). The highest BCUT2D eigenvalue weighted by Crippen LogP contribution is 1.99. The van der Waals surface area contributed by atoms with Crippen LogP contribution < -0.4 is 5.32 Å². The first-order chi connectivity index (χ1) is 7.54. The van der Waals surface area contributed by atoms with Gasteiger partial charge in [0.25, 0.3) is 5.91 Å². The molecule has 0 aliphatic rings. The van der Waals surface area contributed by atoms with Crippen LogP contribution in [0.5, 0.6) is 0 Å². The van der Waals surface area contributed by atoms with Gasteiger partial charge >= 0.3 is 5.97 Å². The molecule has 0 aliphatic heterocycles. The summed E-state index contributed by atoms with van der Waals surface area (Å²) in [6, 6.07) is -0.892. The molecule has 0 saturated carbocycles. The van der Waals surface area contributed by atoms with Gasteiger partial charge in [0, 0.05) is 0 Å². The maximum Gasteiger partial charge on any atom is 0.326 e. The van der Waals surface area contributed by atoms with Crippen LogP contribution in [0.2, 0.25) is 0 Å². The number of carboxylic acids is 1. The van der Waals surface area contributed by atoms with Crippen molar-refractivity contribution < 1.29 is 14.7 Å². The lowest BCUT2D eigenvalue weighted by atomic mass is 10.1. The summed E-state index contributed by atoms with van der Waals surface area (Å²) in [4.78, 5) is 26.1. The second-order valence-electron chi connectivity index (χ2n) is 3.40. The van der Waals surface area contributed by atoms with Crippen molar-refractivity contribution in [1.29, 1.82) is 0 Å². The number of aromatic nitrogens is 3. The van der Waals surface area contributed by atoms with Crippen molar-refractivity contribution in [2.24, 2.45) is 0 Å². The number of H-pyrrole nitrogens is 1. The molecular formula is C9H14N4O3. The second-order valence-corrected chi connectivity index (χ2v) is 3.40. The van der Waals surface area contributed by atoms with Crippen molar-refractivity contribution >= 4 is 11.9 Å². The van der Waals surface area contributed by atoms with E-state index >= 15 is 0 Å². The molecule has 0 radical (unpaired) electrons. The first kappa shape index (κ1) is 12.2. The van der Waals surface area contributed by atoms with E-state index in [1.165, 1.54) is 0 Å². The summed E-state index contributed by atoms with van der Waals surface area (Å²) in [6.07, 6.45) is 1.05. The zero-order chi connectivity index (χ0) is 12.1. The van der Waals surface area contributed by atoms with Crippen LogP contribution in [0.4, 0.5) is 0 Å². The monoisotopic (exact) mass is 226 g/mol. The van der Waals surface area contributed by atoms with E-state index in [9.17, 15) is 9.59 Å². The second kappa shape index (κ2) is 5.24. The van der Waals surface area contributed by atoms with Gasteiger partial charge in [0.05, 0.1) is 0 Å². The minimum atomic E-state index is -1.05. The number of aromatic amines is 1. The van der Waals surface area contributed by atoms with Gasteiger partial charge in [-0.2, -0.15) is 0 Å². The number of carbonyl (C=O) groups excluding carboxylic acids is 1. The van der Waals surface area contributed by atoms with Gasteiger partial charge < -0.3 is 10.4 Å². The zero-order valence-electron chi connectivity index (χ0n) is 9.15. The lowest BCUT2D eigenvalue weighted by molar-refractivity contribution is -0.139. The quantitative estimate of drug-likeness (QED) is 0.659. The van der Waals surface area contributed by atoms with Gasteiger partial charge in [0.2, 0.25) is 5.82 Å². The fourth-order valence-electron chi connectivity index (χ4n) is 1.21. The number of nitrogens with zero attached hydrogens (tertiary/aromatic N) is 2. The molecule has 0 saturated heterocycles. The number of carbonyl (C=O) groups is 2. The SMILES string of the molecule is CCCC(NC(=O)c1n[nH]c(C)n1)C(=O)O. The minimum absolute atomic E-state index is 0.0418. The van der Waals surface area contributed by atoms with Gasteiger partial charge in [-0.15, -0.1) is 5.10 Å². The van der Waals surface area contributed by atoms with Crippen LogP contribution in [0.25, 0.3) is 0 Å². The highest BCUT2D eigenvalue weighted by molar-refractivity contribution is 5.93. The number of aliphatic carboxylic acids is 1. The van der Waals surface area contributed by atoms with E-state index in [0.717, 1.165) is 0 Å². The molecule has 0 aliphatic carbocycles. The van der Waals surface area contributed by atoms with E-state index in [0.29, 0.717) is 18.7 Å². The summed E-state index contributed by atoms with van der Waals surface area (Å²) in [6.45, 7) is 3.50. The van der Waals surface area contributed by atoms with Crippen LogP contribution >= 0.6 is 0 Å². The van der Waals surface area contributed by atoms with E-state index in [1.807, 2.05) is 6.92 Å². The third kappa shape index (κ3) is 3.04. The zero-order valence-corrected chi connectivity index (χ0v) is 9.15. The van der Waals surface area contributed by atoms with E-state index in [1.54, 1.807) is 6.92 Å². The number of aryl methyl sites for hydroxylation is 1. The predicted octanol–water partition coefficient (Wildman–Crippen LogP) is 0.0962. The smallest absolute Gasteiger partial charge is 0.326 e. The van der Waals surface area contributed by atoms with Crippen molar-refractivity contribution in [3.8, 4) is 0 Å². The molecule has 0 bridgehead atoms. The van der Waals surface area contributed by atoms with Crippen molar-refractivity contribution in [3.63, 3.8) is 0 Å². The Kier molecular flexibility index (Phi) is 3.98. The Balaban J connectivity index is 2.65. The van der Waals surface area contributed by atoms with Gasteiger partial charge in [-0.1, -0.05) is 13.3 Å². The third-order valence-electron chi connectivity index (χ3n) is 1.98. The number of nitrogens with one attached hydrogen (secondary N) is 2. The standard InChI is InChI=1S/C9H14N4O3/c1-3-4-6(9(15)16)11-8(14)7-10-5(2)12-13-7/h6H,3-4H2,1-2H3,(H,11,14)(H,15,16)(H,10,12,13). The Morgan fingerprint density at radius 1 is 1.56 bits per heavy atom. The molecule has 1 atom stereocenters. The third-order valence-corrected chi connectivity index (χ3v) is 1.98. The number of hydrogen-bond acceptors (Lipinski definition) is 4. The van der Waals surface area contributed by atoms with E-state index in [2.05, 4.69) is 20.5 Å². The molecule has 0 spiro atoms. The van der Waals surface area contributed by atoms with Gasteiger partial charge in [-0.25, -0.2) is 9.78 Å². The molecule has 7 nitrogen and oxygen atoms in total. The number of carboxylic acid groups (broad SMARTS) is 1. The Bertz CT molecular complexity index is 388. The molecule has 7 heteroatoms. The highest BCUT2D eigenvalue weighted by Gasteiger charge is 2.21. The first-order valence-corrected chi connectivity index (χ1v) is 4.97. The van der Waals surface area contributed by atoms with Crippen LogP contribution in [-0.4, -0.2) is 38.2 Å². The maximum atomic E-state index is 11.5. The van der Waals surface area contributed by atoms with Gasteiger partial charge in [0.1, 0.15) is 11.9 Å². The Hall–Kier alpha value is -1.92. The average molecular weight is 226 g/mol. The van der Waals surface area contributed by atoms with Crippen molar-refractivity contribution in [2.75, 3.05) is 0 Å². The Morgan fingerprint density at radius 2 is 2.25 bits per heavy atom. The molecule has 0 fully saturated rings. The molecule has 16 heavy (non-hydrogen) atoms. The molecule has 1 amide bonds. The molecule has 1 aromatic rings. The molecule has 3 N–H and O–H groups in total. The molecule has 1 unspecified atom stereocenters. The van der Waals surface area contributed by atoms with Gasteiger partial charge in [-0.05, 0) is 13.3 Å². The van der Waals surface area contributed by atoms with Crippen molar-refractivity contribution in [2.45, 2.75) is 32.7 Å². The number of amides is 1. The van der Waals surface area contributed by atoms with Crippen LogP contribution in [0.15, 0.2) is 0 Å². The maximum absolute atomic E-state index is 11.5. The number of rotatable bonds is 5. The summed E-state index contributed by atoms with van der Waals surface area (Å²) in [7, 11) is 0. The van der Waals surface area contributed by atoms with E-state index < -0.39 is 17.9 Å². The molecule has 1 aromatic heterocycles.